The Balaban J connectivity index is -0.000000522. The smallest absolute Gasteiger partial charge is 0.0322 e. The highest BCUT2D eigenvalue weighted by Crippen LogP contribution is 2.24. The third-order valence-electron chi connectivity index (χ3n) is 5.41. The van der Waals surface area contributed by atoms with Gasteiger partial charge in [0.2, 0.25) is 0 Å². The molecule has 0 heteroatoms. The number of unbranched alkanes of at least 4 members (excludes halogenated alkanes) is 2. The summed E-state index contributed by atoms with van der Waals surface area (Å²) in [5, 5.41) is 0. The maximum atomic E-state index is 2.36. The standard InChI is InChI=1S/C18H36.C8H18.C2H6/c1-5-9-14-18(13-8-4)16-10-15-17(11-6-2)12-7-3;1-4-5-6-7-8(2)3;1-2/h5,9,17-18H,6-8,10-16H2,1-4H3;8H,4-7H2,1-3H3;1-2H3/b9-5+;;. The van der Waals surface area contributed by atoms with Gasteiger partial charge >= 0.3 is 0 Å². The molecule has 0 fully saturated rings. The summed E-state index contributed by atoms with van der Waals surface area (Å²) in [6, 6.07) is 0. The van der Waals surface area contributed by atoms with Crippen molar-refractivity contribution in [3.8, 4) is 0 Å². The molecule has 0 radical (unpaired) electrons. The molecule has 0 amide bonds. The van der Waals surface area contributed by atoms with E-state index in [-0.39, 0.29) is 0 Å². The average molecular weight is 397 g/mol. The summed E-state index contributed by atoms with van der Waals surface area (Å²) in [5.41, 5.74) is 0. The fourth-order valence-corrected chi connectivity index (χ4v) is 3.86. The number of rotatable bonds is 16. The number of hydrogen-bond acceptors (Lipinski definition) is 0. The van der Waals surface area contributed by atoms with Gasteiger partial charge in [0.25, 0.3) is 0 Å². The molecule has 0 saturated carbocycles. The quantitative estimate of drug-likeness (QED) is 0.180. The lowest BCUT2D eigenvalue weighted by molar-refractivity contribution is 0.359. The second-order valence-electron chi connectivity index (χ2n) is 8.72. The van der Waals surface area contributed by atoms with Crippen LogP contribution < -0.4 is 0 Å². The molecule has 172 valence electrons. The van der Waals surface area contributed by atoms with Crippen LogP contribution >= 0.6 is 0 Å². The van der Waals surface area contributed by atoms with Gasteiger partial charge in [-0.15, -0.1) is 0 Å². The molecule has 0 rings (SSSR count). The Morgan fingerprint density at radius 3 is 1.50 bits per heavy atom. The Morgan fingerprint density at radius 2 is 1.07 bits per heavy atom. The van der Waals surface area contributed by atoms with E-state index in [2.05, 4.69) is 60.6 Å². The van der Waals surface area contributed by atoms with Crippen LogP contribution in [0.25, 0.3) is 0 Å². The van der Waals surface area contributed by atoms with Crippen molar-refractivity contribution >= 4 is 0 Å². The monoisotopic (exact) mass is 396 g/mol. The molecule has 0 aliphatic heterocycles. The first-order valence-electron chi connectivity index (χ1n) is 13.2. The molecule has 0 bridgehead atoms. The first-order valence-corrected chi connectivity index (χ1v) is 13.2. The fraction of sp³-hybridized carbons (Fsp3) is 0.929. The van der Waals surface area contributed by atoms with Crippen LogP contribution in [-0.4, -0.2) is 0 Å². The maximum Gasteiger partial charge on any atom is -0.0322 e. The lowest BCUT2D eigenvalue weighted by atomic mass is 9.88. The molecule has 0 N–H and O–H groups in total. The summed E-state index contributed by atoms with van der Waals surface area (Å²) in [7, 11) is 0. The largest absolute Gasteiger partial charge is 0.0917 e. The molecule has 0 aliphatic carbocycles. The molecule has 0 nitrogen and oxygen atoms in total. The van der Waals surface area contributed by atoms with E-state index in [1.54, 1.807) is 0 Å². The van der Waals surface area contributed by atoms with Crippen LogP contribution in [0.5, 0.6) is 0 Å². The lowest BCUT2D eigenvalue weighted by Gasteiger charge is -2.18. The van der Waals surface area contributed by atoms with Gasteiger partial charge in [-0.25, -0.2) is 0 Å². The molecule has 1 atom stereocenters. The summed E-state index contributed by atoms with van der Waals surface area (Å²) >= 11 is 0. The van der Waals surface area contributed by atoms with Gasteiger partial charge in [0.15, 0.2) is 0 Å². The maximum absolute atomic E-state index is 2.36. The van der Waals surface area contributed by atoms with E-state index >= 15 is 0 Å². The predicted octanol–water partition coefficient (Wildman–Crippen LogP) is 11.0. The van der Waals surface area contributed by atoms with Crippen molar-refractivity contribution in [2.45, 2.75) is 152 Å². The van der Waals surface area contributed by atoms with Gasteiger partial charge in [-0.2, -0.15) is 0 Å². The van der Waals surface area contributed by atoms with Gasteiger partial charge in [0, 0.05) is 0 Å². The summed E-state index contributed by atoms with van der Waals surface area (Å²) in [6.45, 7) is 19.9. The molecule has 0 spiro atoms. The summed E-state index contributed by atoms with van der Waals surface area (Å²) in [6.07, 6.45) is 24.2. The Hall–Kier alpha value is -0.260. The van der Waals surface area contributed by atoms with E-state index in [0.717, 1.165) is 17.8 Å². The lowest BCUT2D eigenvalue weighted by Crippen LogP contribution is -2.03. The van der Waals surface area contributed by atoms with Crippen molar-refractivity contribution in [2.24, 2.45) is 17.8 Å². The van der Waals surface area contributed by atoms with Crippen molar-refractivity contribution in [1.82, 2.24) is 0 Å². The molecule has 0 aromatic heterocycles. The van der Waals surface area contributed by atoms with Crippen LogP contribution in [0, 0.1) is 17.8 Å². The SMILES string of the molecule is C/C=C/CC(CCC)CCCC(CCC)CCC.CC.CCCCCC(C)C. The zero-order valence-electron chi connectivity index (χ0n) is 21.8. The minimum atomic E-state index is 0.904. The van der Waals surface area contributed by atoms with Gasteiger partial charge in [-0.3, -0.25) is 0 Å². The normalized spacial score (nSPS) is 12.0. The van der Waals surface area contributed by atoms with E-state index in [0.29, 0.717) is 0 Å². The number of allylic oxidation sites excluding steroid dienone is 2. The van der Waals surface area contributed by atoms with Gasteiger partial charge in [-0.1, -0.05) is 151 Å². The van der Waals surface area contributed by atoms with Gasteiger partial charge in [-0.05, 0) is 31.1 Å². The molecule has 0 saturated heterocycles. The molecule has 0 heterocycles. The summed E-state index contributed by atoms with van der Waals surface area (Å²) in [5.74, 6) is 2.85. The highest BCUT2D eigenvalue weighted by Gasteiger charge is 2.10. The first-order chi connectivity index (χ1) is 13.5. The zero-order chi connectivity index (χ0) is 22.0. The molecule has 0 aromatic carbocycles. The van der Waals surface area contributed by atoms with Crippen molar-refractivity contribution in [3.05, 3.63) is 12.2 Å². The van der Waals surface area contributed by atoms with Crippen LogP contribution in [0.1, 0.15) is 152 Å². The van der Waals surface area contributed by atoms with E-state index in [1.807, 2.05) is 13.8 Å². The van der Waals surface area contributed by atoms with E-state index in [4.69, 9.17) is 0 Å². The van der Waals surface area contributed by atoms with Crippen molar-refractivity contribution in [1.29, 1.82) is 0 Å². The van der Waals surface area contributed by atoms with Gasteiger partial charge < -0.3 is 0 Å². The van der Waals surface area contributed by atoms with Crippen LogP contribution in [0.2, 0.25) is 0 Å². The Morgan fingerprint density at radius 1 is 0.571 bits per heavy atom. The predicted molar refractivity (Wildman–Crippen MR) is 135 cm³/mol. The topological polar surface area (TPSA) is 0 Å². The van der Waals surface area contributed by atoms with E-state index in [9.17, 15) is 0 Å². The minimum absolute atomic E-state index is 0.904. The number of hydrogen-bond donors (Lipinski definition) is 0. The van der Waals surface area contributed by atoms with Crippen LogP contribution in [-0.2, 0) is 0 Å². The highest BCUT2D eigenvalue weighted by atomic mass is 14.2. The van der Waals surface area contributed by atoms with Crippen LogP contribution in [0.4, 0.5) is 0 Å². The second-order valence-corrected chi connectivity index (χ2v) is 8.72. The van der Waals surface area contributed by atoms with E-state index < -0.39 is 0 Å². The molecular formula is C28H60. The third kappa shape index (κ3) is 28.0. The average Bonchev–Trinajstić information content (AvgIpc) is 2.68. The van der Waals surface area contributed by atoms with E-state index in [1.165, 1.54) is 89.9 Å². The van der Waals surface area contributed by atoms with Crippen molar-refractivity contribution in [3.63, 3.8) is 0 Å². The highest BCUT2D eigenvalue weighted by molar-refractivity contribution is 4.80. The molecule has 28 heavy (non-hydrogen) atoms. The van der Waals surface area contributed by atoms with Crippen LogP contribution in [0.3, 0.4) is 0 Å². The Bertz CT molecular complexity index is 257. The molecule has 0 aromatic rings. The summed E-state index contributed by atoms with van der Waals surface area (Å²) in [4.78, 5) is 0. The third-order valence-corrected chi connectivity index (χ3v) is 5.41. The second kappa shape index (κ2) is 28.9. The Labute approximate surface area is 182 Å². The molecular weight excluding hydrogens is 336 g/mol. The first kappa shape index (κ1) is 32.4. The van der Waals surface area contributed by atoms with Gasteiger partial charge in [0.1, 0.15) is 0 Å². The minimum Gasteiger partial charge on any atom is -0.0917 e. The Kier molecular flexibility index (Phi) is 33.5. The molecule has 0 aliphatic rings. The van der Waals surface area contributed by atoms with Crippen molar-refractivity contribution < 1.29 is 0 Å². The molecule has 1 unspecified atom stereocenters. The fourth-order valence-electron chi connectivity index (χ4n) is 3.86. The van der Waals surface area contributed by atoms with Crippen molar-refractivity contribution in [2.75, 3.05) is 0 Å². The summed E-state index contributed by atoms with van der Waals surface area (Å²) < 4.78 is 0. The zero-order valence-corrected chi connectivity index (χ0v) is 21.8. The van der Waals surface area contributed by atoms with Gasteiger partial charge in [0.05, 0.1) is 0 Å². The van der Waals surface area contributed by atoms with Crippen LogP contribution in [0.15, 0.2) is 12.2 Å².